The average molecular weight is 584 g/mol. The van der Waals surface area contributed by atoms with Crippen molar-refractivity contribution < 1.29 is 28.2 Å². The van der Waals surface area contributed by atoms with E-state index in [-0.39, 0.29) is 55.6 Å². The second-order valence-corrected chi connectivity index (χ2v) is 11.3. The van der Waals surface area contributed by atoms with Crippen LogP contribution in [0.15, 0.2) is 67.0 Å². The number of aromatic nitrogens is 2. The summed E-state index contributed by atoms with van der Waals surface area (Å²) in [6.07, 6.45) is 3.65. The fourth-order valence-corrected chi connectivity index (χ4v) is 6.24. The van der Waals surface area contributed by atoms with Gasteiger partial charge in [-0.05, 0) is 60.0 Å². The molecule has 3 aliphatic rings. The minimum absolute atomic E-state index is 0.0973. The number of aromatic amines is 1. The fourth-order valence-electron chi connectivity index (χ4n) is 6.24. The number of pyridine rings is 1. The summed E-state index contributed by atoms with van der Waals surface area (Å²) in [5.74, 6) is -2.30. The third-order valence-electron chi connectivity index (χ3n) is 8.48. The van der Waals surface area contributed by atoms with Gasteiger partial charge in [0.05, 0.1) is 25.8 Å². The molecule has 4 aromatic rings. The van der Waals surface area contributed by atoms with Crippen LogP contribution in [0.5, 0.6) is 0 Å². The highest BCUT2D eigenvalue weighted by molar-refractivity contribution is 6.01. The first-order chi connectivity index (χ1) is 20.8. The average Bonchev–Trinajstić information content (AvgIpc) is 3.80. The second-order valence-electron chi connectivity index (χ2n) is 11.3. The monoisotopic (exact) mass is 583 g/mol. The third kappa shape index (κ3) is 5.04. The summed E-state index contributed by atoms with van der Waals surface area (Å²) in [6.45, 7) is 2.79. The van der Waals surface area contributed by atoms with Crippen LogP contribution < -0.4 is 5.32 Å². The number of nitrogens with zero attached hydrogens (tertiary/aromatic N) is 3. The number of rotatable bonds is 6. The lowest BCUT2D eigenvalue weighted by molar-refractivity contribution is -0.152. The van der Waals surface area contributed by atoms with E-state index in [4.69, 9.17) is 9.47 Å². The predicted molar refractivity (Wildman–Crippen MR) is 154 cm³/mol. The van der Waals surface area contributed by atoms with Gasteiger partial charge in [0.1, 0.15) is 18.4 Å². The van der Waals surface area contributed by atoms with Gasteiger partial charge in [0.2, 0.25) is 11.8 Å². The molecular formula is C32H30FN5O5. The van der Waals surface area contributed by atoms with Crippen molar-refractivity contribution in [3.63, 3.8) is 0 Å². The fraction of sp³-hybridized carbons (Fsp3) is 0.312. The lowest BCUT2D eigenvalue weighted by Gasteiger charge is -2.27. The Kier molecular flexibility index (Phi) is 6.71. The highest BCUT2D eigenvalue weighted by atomic mass is 19.1. The van der Waals surface area contributed by atoms with E-state index in [9.17, 15) is 18.8 Å². The van der Waals surface area contributed by atoms with E-state index < -0.39 is 11.8 Å². The first-order valence-corrected chi connectivity index (χ1v) is 14.3. The van der Waals surface area contributed by atoms with Crippen molar-refractivity contribution >= 4 is 28.6 Å². The SMILES string of the molecule is C[C@@H](NC(=O)C1CC2(CN1C(=O)CN1Cc3cc(-c4ccc(F)cc4)ccc3C1=O)OCCO2)c1cc2cnccc2[nH]1. The Morgan fingerprint density at radius 3 is 2.65 bits per heavy atom. The molecule has 2 N–H and O–H groups in total. The Morgan fingerprint density at radius 1 is 1.12 bits per heavy atom. The molecule has 5 heterocycles. The van der Waals surface area contributed by atoms with E-state index in [1.54, 1.807) is 30.6 Å². The van der Waals surface area contributed by atoms with Crippen molar-refractivity contribution in [2.45, 2.75) is 37.8 Å². The van der Waals surface area contributed by atoms with Crippen LogP contribution in [0, 0.1) is 5.82 Å². The number of carbonyl (C=O) groups is 3. The maximum atomic E-state index is 13.7. The zero-order chi connectivity index (χ0) is 29.7. The van der Waals surface area contributed by atoms with E-state index >= 15 is 0 Å². The van der Waals surface area contributed by atoms with E-state index in [1.165, 1.54) is 21.9 Å². The van der Waals surface area contributed by atoms with Gasteiger partial charge in [0.15, 0.2) is 5.79 Å². The molecule has 3 aliphatic heterocycles. The molecule has 2 aromatic carbocycles. The molecule has 43 heavy (non-hydrogen) atoms. The Morgan fingerprint density at radius 2 is 1.88 bits per heavy atom. The molecule has 3 amide bonds. The van der Waals surface area contributed by atoms with E-state index in [0.717, 1.165) is 33.3 Å². The van der Waals surface area contributed by atoms with E-state index in [1.807, 2.05) is 31.2 Å². The molecule has 0 radical (unpaired) electrons. The Balaban J connectivity index is 1.07. The molecule has 220 valence electrons. The van der Waals surface area contributed by atoms with Crippen molar-refractivity contribution in [2.75, 3.05) is 26.3 Å². The first-order valence-electron chi connectivity index (χ1n) is 14.3. The van der Waals surface area contributed by atoms with Crippen molar-refractivity contribution in [3.05, 3.63) is 89.6 Å². The second kappa shape index (κ2) is 10.6. The Labute approximate surface area is 246 Å². The quantitative estimate of drug-likeness (QED) is 0.359. The van der Waals surface area contributed by atoms with Crippen LogP contribution >= 0.6 is 0 Å². The van der Waals surface area contributed by atoms with Crippen molar-refractivity contribution in [1.82, 2.24) is 25.1 Å². The molecule has 2 fully saturated rings. The molecule has 1 spiro atoms. The predicted octanol–water partition coefficient (Wildman–Crippen LogP) is 3.55. The molecule has 2 aromatic heterocycles. The molecule has 10 nitrogen and oxygen atoms in total. The lowest BCUT2D eigenvalue weighted by Crippen LogP contribution is -2.49. The summed E-state index contributed by atoms with van der Waals surface area (Å²) in [6, 6.07) is 14.2. The van der Waals surface area contributed by atoms with Gasteiger partial charge in [-0.2, -0.15) is 0 Å². The van der Waals surface area contributed by atoms with Crippen LogP contribution in [-0.2, 0) is 25.6 Å². The Hall–Kier alpha value is -4.61. The summed E-state index contributed by atoms with van der Waals surface area (Å²) in [5.41, 5.74) is 4.73. The van der Waals surface area contributed by atoms with E-state index in [0.29, 0.717) is 18.8 Å². The lowest BCUT2D eigenvalue weighted by atomic mass is 10.0. The van der Waals surface area contributed by atoms with Crippen molar-refractivity contribution in [1.29, 1.82) is 0 Å². The Bertz CT molecular complexity index is 1700. The van der Waals surface area contributed by atoms with Gasteiger partial charge in [0.25, 0.3) is 5.91 Å². The van der Waals surface area contributed by atoms with Gasteiger partial charge in [-0.25, -0.2) is 4.39 Å². The zero-order valence-corrected chi connectivity index (χ0v) is 23.5. The number of H-pyrrole nitrogens is 1. The van der Waals surface area contributed by atoms with Crippen molar-refractivity contribution in [2.24, 2.45) is 0 Å². The highest BCUT2D eigenvalue weighted by Crippen LogP contribution is 2.36. The molecule has 11 heteroatoms. The number of hydrogen-bond acceptors (Lipinski definition) is 6. The molecular weight excluding hydrogens is 553 g/mol. The summed E-state index contributed by atoms with van der Waals surface area (Å²) in [4.78, 5) is 51.0. The van der Waals surface area contributed by atoms with Gasteiger partial charge < -0.3 is 29.6 Å². The molecule has 0 bridgehead atoms. The van der Waals surface area contributed by atoms with E-state index in [2.05, 4.69) is 15.3 Å². The summed E-state index contributed by atoms with van der Waals surface area (Å²) in [5, 5.41) is 3.97. The number of halogens is 1. The minimum atomic E-state index is -1.05. The summed E-state index contributed by atoms with van der Waals surface area (Å²) >= 11 is 0. The maximum Gasteiger partial charge on any atom is 0.254 e. The summed E-state index contributed by atoms with van der Waals surface area (Å²) in [7, 11) is 0. The smallest absolute Gasteiger partial charge is 0.254 e. The van der Waals surface area contributed by atoms with Crippen molar-refractivity contribution in [3.8, 4) is 11.1 Å². The van der Waals surface area contributed by atoms with Crippen LogP contribution in [-0.4, -0.2) is 75.6 Å². The number of nitrogens with one attached hydrogen (secondary N) is 2. The van der Waals surface area contributed by atoms with Gasteiger partial charge in [-0.15, -0.1) is 0 Å². The molecule has 1 unspecified atom stereocenters. The van der Waals surface area contributed by atoms with Gasteiger partial charge in [-0.1, -0.05) is 18.2 Å². The normalized spacial score (nSPS) is 19.8. The number of amides is 3. The van der Waals surface area contributed by atoms with Crippen LogP contribution in [0.25, 0.3) is 22.0 Å². The molecule has 0 aliphatic carbocycles. The number of benzene rings is 2. The van der Waals surface area contributed by atoms with Crippen LogP contribution in [0.4, 0.5) is 4.39 Å². The number of likely N-dealkylation sites (tertiary alicyclic amines) is 1. The molecule has 2 saturated heterocycles. The van der Waals surface area contributed by atoms with Gasteiger partial charge >= 0.3 is 0 Å². The maximum absolute atomic E-state index is 13.7. The molecule has 2 atom stereocenters. The van der Waals surface area contributed by atoms with Crippen LogP contribution in [0.2, 0.25) is 0 Å². The summed E-state index contributed by atoms with van der Waals surface area (Å²) < 4.78 is 25.2. The van der Waals surface area contributed by atoms with Crippen LogP contribution in [0.3, 0.4) is 0 Å². The number of carbonyl (C=O) groups excluding carboxylic acids is 3. The van der Waals surface area contributed by atoms with Gasteiger partial charge in [-0.3, -0.25) is 19.4 Å². The highest BCUT2D eigenvalue weighted by Gasteiger charge is 2.53. The number of fused-ring (bicyclic) bond motifs is 2. The number of ether oxygens (including phenoxy) is 2. The first kappa shape index (κ1) is 27.2. The zero-order valence-electron chi connectivity index (χ0n) is 23.5. The topological polar surface area (TPSA) is 117 Å². The standard InChI is InChI=1S/C32H30FN5O5/c1-19(27-13-22-15-34-9-8-26(22)36-27)35-30(40)28-14-32(42-10-11-43-32)18-38(28)29(39)17-37-16-23-12-21(4-7-25(23)31(37)41)20-2-5-24(33)6-3-20/h2-9,12-13,15,19,28,36H,10-11,14,16-18H2,1H3,(H,35,40)/t19-,28?/m1/s1. The number of hydrogen-bond donors (Lipinski definition) is 2. The van der Waals surface area contributed by atoms with Crippen LogP contribution in [0.1, 0.15) is 41.0 Å². The third-order valence-corrected chi connectivity index (χ3v) is 8.48. The minimum Gasteiger partial charge on any atom is -0.357 e. The molecule has 0 saturated carbocycles. The largest absolute Gasteiger partial charge is 0.357 e. The van der Waals surface area contributed by atoms with Gasteiger partial charge in [0, 0.05) is 47.5 Å². The molecule has 7 rings (SSSR count).